The standard InChI is InChI=1S/C36H45N3O5.C3H5F3/c1-7-9-11-33(28-14-16-29(17-15-28)36(42)37-21-20-35(40)41)39(38-26(4)25(3)34(44-6)10-8-2)24-27-12-13-31-23-32(43-5)19-18-30(31)22-27;1-2-3(4,5)6/h8,10,12-19,22-23,33H,7,9,11,20-21,24H2,1-6H3,(H,37,42)(H,40,41);2H2,1H3/b10-8-,34-25-,38-26+;. The van der Waals surface area contributed by atoms with Crippen LogP contribution in [0.3, 0.4) is 0 Å². The Hall–Kier alpha value is -4.80. The lowest BCUT2D eigenvalue weighted by Crippen LogP contribution is -2.27. The Morgan fingerprint density at radius 3 is 2.20 bits per heavy atom. The van der Waals surface area contributed by atoms with Crippen molar-refractivity contribution in [2.24, 2.45) is 5.10 Å². The molecule has 1 amide bonds. The molecule has 0 aliphatic rings. The van der Waals surface area contributed by atoms with E-state index in [2.05, 4.69) is 41.5 Å². The molecule has 0 fully saturated rings. The fraction of sp³-hybridized carbons (Fsp3) is 0.410. The van der Waals surface area contributed by atoms with Gasteiger partial charge in [-0.3, -0.25) is 14.6 Å². The Morgan fingerprint density at radius 2 is 1.64 bits per heavy atom. The number of hydrogen-bond acceptors (Lipinski definition) is 6. The largest absolute Gasteiger partial charge is 0.497 e. The average molecular weight is 698 g/mol. The number of alkyl halides is 3. The third-order valence-corrected chi connectivity index (χ3v) is 7.96. The van der Waals surface area contributed by atoms with E-state index in [-0.39, 0.29) is 24.9 Å². The van der Waals surface area contributed by atoms with Crippen LogP contribution >= 0.6 is 0 Å². The predicted molar refractivity (Wildman–Crippen MR) is 193 cm³/mol. The first kappa shape index (κ1) is 41.4. The van der Waals surface area contributed by atoms with E-state index in [0.717, 1.165) is 70.9 Å². The number of rotatable bonds is 16. The van der Waals surface area contributed by atoms with E-state index in [1.54, 1.807) is 26.4 Å². The summed E-state index contributed by atoms with van der Waals surface area (Å²) >= 11 is 0. The van der Waals surface area contributed by atoms with Crippen molar-refractivity contribution in [2.75, 3.05) is 20.8 Å². The Bertz CT molecular complexity index is 1630. The van der Waals surface area contributed by atoms with Crippen molar-refractivity contribution in [3.63, 3.8) is 0 Å². The van der Waals surface area contributed by atoms with Gasteiger partial charge < -0.3 is 19.9 Å². The molecule has 0 saturated carbocycles. The fourth-order valence-electron chi connectivity index (χ4n) is 4.97. The Morgan fingerprint density at radius 1 is 1.00 bits per heavy atom. The first-order chi connectivity index (χ1) is 23.8. The number of fused-ring (bicyclic) bond motifs is 1. The molecule has 272 valence electrons. The quantitative estimate of drug-likeness (QED) is 0.0669. The van der Waals surface area contributed by atoms with Gasteiger partial charge >= 0.3 is 12.1 Å². The van der Waals surface area contributed by atoms with Crippen molar-refractivity contribution in [3.05, 3.63) is 101 Å². The summed E-state index contributed by atoms with van der Waals surface area (Å²) in [5, 5.41) is 21.1. The molecule has 1 atom stereocenters. The number of ether oxygens (including phenoxy) is 2. The number of hydrazone groups is 1. The van der Waals surface area contributed by atoms with Gasteiger partial charge in [0.25, 0.3) is 5.91 Å². The van der Waals surface area contributed by atoms with E-state index >= 15 is 0 Å². The molecule has 11 heteroatoms. The number of nitrogens with one attached hydrogen (secondary N) is 1. The number of allylic oxidation sites excluding steroid dienone is 3. The highest BCUT2D eigenvalue weighted by atomic mass is 19.4. The van der Waals surface area contributed by atoms with Crippen LogP contribution in [0.2, 0.25) is 0 Å². The number of halogens is 3. The molecule has 0 radical (unpaired) electrons. The van der Waals surface area contributed by atoms with Crippen LogP contribution in [-0.4, -0.2) is 54.6 Å². The first-order valence-electron chi connectivity index (χ1n) is 16.7. The summed E-state index contributed by atoms with van der Waals surface area (Å²) < 4.78 is 43.4. The number of methoxy groups -OCH3 is 2. The fourth-order valence-corrected chi connectivity index (χ4v) is 4.97. The minimum Gasteiger partial charge on any atom is -0.497 e. The van der Waals surface area contributed by atoms with E-state index in [1.807, 2.05) is 57.2 Å². The average Bonchev–Trinajstić information content (AvgIpc) is 3.10. The summed E-state index contributed by atoms with van der Waals surface area (Å²) in [6, 6.07) is 20.0. The van der Waals surface area contributed by atoms with E-state index < -0.39 is 18.6 Å². The summed E-state index contributed by atoms with van der Waals surface area (Å²) in [5.74, 6) is 0.341. The van der Waals surface area contributed by atoms with Gasteiger partial charge in [-0.15, -0.1) is 0 Å². The predicted octanol–water partition coefficient (Wildman–Crippen LogP) is 9.62. The number of hydrogen-bond donors (Lipinski definition) is 2. The second-order valence-corrected chi connectivity index (χ2v) is 11.7. The van der Waals surface area contributed by atoms with Gasteiger partial charge in [0.05, 0.1) is 38.9 Å². The molecule has 0 saturated heterocycles. The van der Waals surface area contributed by atoms with Crippen LogP contribution in [0.1, 0.15) is 94.2 Å². The number of carboxylic acid groups (broad SMARTS) is 1. The molecule has 2 N–H and O–H groups in total. The molecule has 1 unspecified atom stereocenters. The second-order valence-electron chi connectivity index (χ2n) is 11.7. The van der Waals surface area contributed by atoms with Gasteiger partial charge in [0, 0.05) is 24.1 Å². The molecule has 8 nitrogen and oxygen atoms in total. The van der Waals surface area contributed by atoms with E-state index in [9.17, 15) is 22.8 Å². The maximum Gasteiger partial charge on any atom is 0.388 e. The lowest BCUT2D eigenvalue weighted by atomic mass is 9.98. The van der Waals surface area contributed by atoms with Crippen LogP contribution in [0.5, 0.6) is 5.75 Å². The molecule has 0 aliphatic carbocycles. The second kappa shape index (κ2) is 20.7. The molecule has 50 heavy (non-hydrogen) atoms. The Labute approximate surface area is 293 Å². The Kier molecular flexibility index (Phi) is 17.1. The van der Waals surface area contributed by atoms with Crippen molar-refractivity contribution < 1.29 is 37.3 Å². The third kappa shape index (κ3) is 13.6. The number of aliphatic carboxylic acids is 1. The Balaban J connectivity index is 0.00000132. The maximum absolute atomic E-state index is 12.6. The lowest BCUT2D eigenvalue weighted by Gasteiger charge is -2.31. The number of unbranched alkanes of at least 4 members (excludes halogenated alkanes) is 1. The van der Waals surface area contributed by atoms with Gasteiger partial charge in [-0.2, -0.15) is 18.3 Å². The van der Waals surface area contributed by atoms with Gasteiger partial charge in [0.15, 0.2) is 0 Å². The summed E-state index contributed by atoms with van der Waals surface area (Å²) in [4.78, 5) is 23.4. The van der Waals surface area contributed by atoms with E-state index in [4.69, 9.17) is 19.7 Å². The maximum atomic E-state index is 12.6. The number of carbonyl (C=O) groups is 2. The summed E-state index contributed by atoms with van der Waals surface area (Å²) in [5.41, 5.74) is 4.45. The smallest absolute Gasteiger partial charge is 0.388 e. The molecule has 0 aliphatic heterocycles. The molecule has 0 aromatic heterocycles. The van der Waals surface area contributed by atoms with Gasteiger partial charge in [0.1, 0.15) is 11.5 Å². The SMILES string of the molecule is CCC(F)(F)F.C\C=C/C(OC)=C(C)/C(C)=N/N(Cc1ccc2cc(OC)ccc2c1)C(CCCC)c1ccc(C(=O)NCCC(=O)O)cc1. The van der Waals surface area contributed by atoms with Crippen molar-refractivity contribution in [2.45, 2.75) is 85.5 Å². The van der Waals surface area contributed by atoms with Gasteiger partial charge in [0.2, 0.25) is 0 Å². The van der Waals surface area contributed by atoms with Crippen molar-refractivity contribution >= 4 is 28.4 Å². The highest BCUT2D eigenvalue weighted by Gasteiger charge is 2.23. The third-order valence-electron chi connectivity index (χ3n) is 7.96. The number of carbonyl (C=O) groups excluding carboxylic acids is 1. The van der Waals surface area contributed by atoms with Crippen molar-refractivity contribution in [1.29, 1.82) is 0 Å². The molecular weight excluding hydrogens is 647 g/mol. The number of amides is 1. The number of carboxylic acids is 1. The van der Waals surface area contributed by atoms with Crippen LogP contribution in [0.4, 0.5) is 13.2 Å². The van der Waals surface area contributed by atoms with Crippen LogP contribution in [0.25, 0.3) is 10.8 Å². The van der Waals surface area contributed by atoms with E-state index in [1.165, 1.54) is 0 Å². The summed E-state index contributed by atoms with van der Waals surface area (Å²) in [6.07, 6.45) is 1.98. The van der Waals surface area contributed by atoms with Crippen LogP contribution in [0.15, 0.2) is 89.2 Å². The van der Waals surface area contributed by atoms with Crippen molar-refractivity contribution in [3.8, 4) is 5.75 Å². The molecule has 3 aromatic carbocycles. The highest BCUT2D eigenvalue weighted by Crippen LogP contribution is 2.31. The number of nitrogens with zero attached hydrogens (tertiary/aromatic N) is 2. The van der Waals surface area contributed by atoms with Crippen molar-refractivity contribution in [1.82, 2.24) is 10.3 Å². The highest BCUT2D eigenvalue weighted by molar-refractivity contribution is 5.98. The van der Waals surface area contributed by atoms with Crippen LogP contribution < -0.4 is 10.1 Å². The topological polar surface area (TPSA) is 100 Å². The molecule has 0 heterocycles. The number of benzene rings is 3. The molecule has 0 bridgehead atoms. The summed E-state index contributed by atoms with van der Waals surface area (Å²) in [6.45, 7) is 9.88. The van der Waals surface area contributed by atoms with Gasteiger partial charge in [-0.05, 0) is 85.5 Å². The normalized spacial score (nSPS) is 12.9. The molecular formula is C39H50F3N3O5. The zero-order chi connectivity index (χ0) is 37.3. The molecule has 3 rings (SSSR count). The zero-order valence-corrected chi connectivity index (χ0v) is 30.1. The zero-order valence-electron chi connectivity index (χ0n) is 30.1. The lowest BCUT2D eigenvalue weighted by molar-refractivity contribution is -0.136. The van der Waals surface area contributed by atoms with Crippen LogP contribution in [0, 0.1) is 0 Å². The van der Waals surface area contributed by atoms with Gasteiger partial charge in [-0.1, -0.05) is 63.1 Å². The first-order valence-corrected chi connectivity index (χ1v) is 16.7. The van der Waals surface area contributed by atoms with Gasteiger partial charge in [-0.25, -0.2) is 0 Å². The minimum absolute atomic E-state index is 0.0545. The molecule has 0 spiro atoms. The van der Waals surface area contributed by atoms with Crippen LogP contribution in [-0.2, 0) is 16.1 Å². The molecule has 3 aromatic rings. The van der Waals surface area contributed by atoms with E-state index in [0.29, 0.717) is 12.1 Å². The summed E-state index contributed by atoms with van der Waals surface area (Å²) in [7, 11) is 3.34. The monoisotopic (exact) mass is 697 g/mol. The minimum atomic E-state index is -3.96.